The molecule has 51 heavy (non-hydrogen) atoms. The van der Waals surface area contributed by atoms with Crippen LogP contribution in [0.5, 0.6) is 0 Å². The molecule has 0 bridgehead atoms. The van der Waals surface area contributed by atoms with Crippen molar-refractivity contribution < 1.29 is 53.0 Å². The maximum absolute atomic E-state index is 14.1. The third-order valence-electron chi connectivity index (χ3n) is 8.82. The van der Waals surface area contributed by atoms with Gasteiger partial charge in [0, 0.05) is 19.5 Å². The summed E-state index contributed by atoms with van der Waals surface area (Å²) in [5.74, 6) is -7.60. The van der Waals surface area contributed by atoms with Crippen LogP contribution in [0.4, 0.5) is 4.39 Å². The van der Waals surface area contributed by atoms with Gasteiger partial charge < -0.3 is 41.2 Å². The quantitative estimate of drug-likeness (QED) is 0.112. The minimum atomic E-state index is -1.50. The van der Waals surface area contributed by atoms with Crippen molar-refractivity contribution in [1.29, 1.82) is 0 Å². The number of nitrogens with one attached hydrogen (secondary N) is 4. The molecular formula is C35H44FN5O10. The Morgan fingerprint density at radius 1 is 0.961 bits per heavy atom. The Bertz CT molecular complexity index is 1620. The second kappa shape index (κ2) is 19.1. The van der Waals surface area contributed by atoms with Gasteiger partial charge in [-0.2, -0.15) is 0 Å². The van der Waals surface area contributed by atoms with E-state index < -0.39 is 97.5 Å². The third kappa shape index (κ3) is 11.9. The molecule has 0 radical (unpaired) electrons. The number of benzene rings is 2. The average Bonchev–Trinajstić information content (AvgIpc) is 3.54. The van der Waals surface area contributed by atoms with Crippen LogP contribution in [0.15, 0.2) is 42.5 Å². The lowest BCUT2D eigenvalue weighted by Crippen LogP contribution is -2.58. The molecule has 1 unspecified atom stereocenters. The highest BCUT2D eigenvalue weighted by atomic mass is 19.1. The predicted molar refractivity (Wildman–Crippen MR) is 181 cm³/mol. The minimum absolute atomic E-state index is 0.0197. The first-order valence-electron chi connectivity index (χ1n) is 16.7. The van der Waals surface area contributed by atoms with Crippen molar-refractivity contribution in [2.24, 2.45) is 11.8 Å². The lowest BCUT2D eigenvalue weighted by molar-refractivity contribution is -0.144. The van der Waals surface area contributed by atoms with E-state index in [1.54, 1.807) is 13.8 Å². The standard InChI is InChI=1S/C35H44FN5O10/c1-3-20(2)32(40-29(44)16-36)34(50)39-26(10-11-30(45)46)35(51)41-18-22(13-27(41)33(49)38-25(19-42)15-31(47)48)17-37-28(43)14-21-8-9-23-6-4-5-7-24(23)12-21/h4-9,12,19-20,22,25-27,32H,3,10-11,13-18H2,1-2H3,(H,37,43)(H,38,49)(H,39,50)(H,40,44)(H,45,46)(H,47,48)/t20-,22?,25-,26-,27-,32-/m0/s1. The summed E-state index contributed by atoms with van der Waals surface area (Å²) in [6.45, 7) is 1.87. The number of alkyl halides is 1. The maximum atomic E-state index is 14.1. The third-order valence-corrected chi connectivity index (χ3v) is 8.82. The van der Waals surface area contributed by atoms with Crippen molar-refractivity contribution in [3.63, 3.8) is 0 Å². The van der Waals surface area contributed by atoms with Crippen molar-refractivity contribution in [1.82, 2.24) is 26.2 Å². The first kappa shape index (κ1) is 40.0. The maximum Gasteiger partial charge on any atom is 0.305 e. The van der Waals surface area contributed by atoms with Crippen molar-refractivity contribution in [3.05, 3.63) is 48.0 Å². The van der Waals surface area contributed by atoms with Gasteiger partial charge in [-0.05, 0) is 41.0 Å². The van der Waals surface area contributed by atoms with Gasteiger partial charge in [0.25, 0.3) is 5.91 Å². The molecule has 0 aromatic heterocycles. The highest BCUT2D eigenvalue weighted by Crippen LogP contribution is 2.26. The van der Waals surface area contributed by atoms with E-state index >= 15 is 0 Å². The molecule has 16 heteroatoms. The lowest BCUT2D eigenvalue weighted by atomic mass is 9.97. The summed E-state index contributed by atoms with van der Waals surface area (Å²) in [5, 5.41) is 30.4. The Morgan fingerprint density at radius 3 is 2.29 bits per heavy atom. The van der Waals surface area contributed by atoms with E-state index in [0.29, 0.717) is 6.42 Å². The average molecular weight is 714 g/mol. The summed E-state index contributed by atoms with van der Waals surface area (Å²) in [6.07, 6.45) is -1.02. The Hall–Kier alpha value is -5.41. The van der Waals surface area contributed by atoms with Crippen LogP contribution in [0.3, 0.4) is 0 Å². The highest BCUT2D eigenvalue weighted by Gasteiger charge is 2.43. The van der Waals surface area contributed by atoms with Gasteiger partial charge in [-0.3, -0.25) is 33.6 Å². The molecule has 1 heterocycles. The number of likely N-dealkylation sites (tertiary alicyclic amines) is 1. The van der Waals surface area contributed by atoms with E-state index in [-0.39, 0.29) is 38.1 Å². The van der Waals surface area contributed by atoms with Crippen molar-refractivity contribution >= 4 is 58.5 Å². The van der Waals surface area contributed by atoms with Crippen LogP contribution in [0.1, 0.15) is 51.5 Å². The Labute approximate surface area is 293 Å². The second-order valence-electron chi connectivity index (χ2n) is 12.7. The fourth-order valence-electron chi connectivity index (χ4n) is 5.92. The molecule has 6 N–H and O–H groups in total. The summed E-state index contributed by atoms with van der Waals surface area (Å²) in [5.41, 5.74) is 0.764. The number of carbonyl (C=O) groups is 8. The normalized spacial score (nSPS) is 17.7. The highest BCUT2D eigenvalue weighted by molar-refractivity contribution is 5.95. The van der Waals surface area contributed by atoms with E-state index in [2.05, 4.69) is 21.3 Å². The van der Waals surface area contributed by atoms with Crippen LogP contribution >= 0.6 is 0 Å². The SMILES string of the molecule is CC[C@H](C)[C@H](NC(=O)CF)C(=O)N[C@@H](CCC(=O)O)C(=O)N1CC(CNC(=O)Cc2ccc3ccccc3c2)C[C@H]1C(=O)N[C@H](C=O)CC(=O)O. The van der Waals surface area contributed by atoms with Crippen molar-refractivity contribution in [3.8, 4) is 0 Å². The van der Waals surface area contributed by atoms with Crippen LogP contribution < -0.4 is 21.3 Å². The van der Waals surface area contributed by atoms with Gasteiger partial charge in [0.1, 0.15) is 24.4 Å². The molecule has 1 fully saturated rings. The summed E-state index contributed by atoms with van der Waals surface area (Å²) >= 11 is 0. The zero-order valence-electron chi connectivity index (χ0n) is 28.4. The number of hydrogen-bond acceptors (Lipinski definition) is 8. The van der Waals surface area contributed by atoms with Crippen LogP contribution in [0, 0.1) is 11.8 Å². The zero-order valence-corrected chi connectivity index (χ0v) is 28.4. The lowest BCUT2D eigenvalue weighted by Gasteiger charge is -2.31. The monoisotopic (exact) mass is 713 g/mol. The fraction of sp³-hybridized carbons (Fsp3) is 0.486. The molecule has 276 valence electrons. The van der Waals surface area contributed by atoms with Gasteiger partial charge in [0.05, 0.1) is 18.9 Å². The summed E-state index contributed by atoms with van der Waals surface area (Å²) in [6, 6.07) is 7.84. The number of fused-ring (bicyclic) bond motifs is 1. The van der Waals surface area contributed by atoms with E-state index in [9.17, 15) is 47.9 Å². The van der Waals surface area contributed by atoms with Crippen molar-refractivity contribution in [2.75, 3.05) is 19.8 Å². The van der Waals surface area contributed by atoms with Gasteiger partial charge >= 0.3 is 11.9 Å². The molecule has 2 aromatic rings. The first-order chi connectivity index (χ1) is 24.3. The molecule has 0 saturated carbocycles. The molecule has 2 aromatic carbocycles. The van der Waals surface area contributed by atoms with Gasteiger partial charge in [0.2, 0.25) is 23.6 Å². The number of rotatable bonds is 19. The topological polar surface area (TPSA) is 228 Å². The largest absolute Gasteiger partial charge is 0.481 e. The molecule has 0 aliphatic carbocycles. The minimum Gasteiger partial charge on any atom is -0.481 e. The fourth-order valence-corrected chi connectivity index (χ4v) is 5.92. The summed E-state index contributed by atoms with van der Waals surface area (Å²) < 4.78 is 13.0. The molecule has 0 spiro atoms. The predicted octanol–water partition coefficient (Wildman–Crippen LogP) is 0.724. The van der Waals surface area contributed by atoms with E-state index in [1.165, 1.54) is 0 Å². The van der Waals surface area contributed by atoms with Crippen molar-refractivity contribution in [2.45, 2.75) is 76.5 Å². The number of aliphatic carboxylic acids is 2. The first-order valence-corrected chi connectivity index (χ1v) is 16.7. The summed E-state index contributed by atoms with van der Waals surface area (Å²) in [7, 11) is 0. The van der Waals surface area contributed by atoms with Gasteiger partial charge in [-0.1, -0.05) is 62.7 Å². The van der Waals surface area contributed by atoms with Crippen LogP contribution in [0.25, 0.3) is 10.8 Å². The summed E-state index contributed by atoms with van der Waals surface area (Å²) in [4.78, 5) is 101. The van der Waals surface area contributed by atoms with Crippen LogP contribution in [-0.2, 0) is 44.8 Å². The molecule has 1 aliphatic heterocycles. The molecule has 1 saturated heterocycles. The van der Waals surface area contributed by atoms with Gasteiger partial charge in [-0.25, -0.2) is 4.39 Å². The molecule has 15 nitrogen and oxygen atoms in total. The molecule has 6 atom stereocenters. The van der Waals surface area contributed by atoms with Crippen LogP contribution in [-0.4, -0.2) is 107 Å². The van der Waals surface area contributed by atoms with E-state index in [4.69, 9.17) is 5.11 Å². The smallest absolute Gasteiger partial charge is 0.305 e. The van der Waals surface area contributed by atoms with Gasteiger partial charge in [0.15, 0.2) is 6.67 Å². The van der Waals surface area contributed by atoms with E-state index in [1.807, 2.05) is 42.5 Å². The molecule has 3 rings (SSSR count). The number of carboxylic acid groups (broad SMARTS) is 2. The Kier molecular flexibility index (Phi) is 15.0. The molecular weight excluding hydrogens is 669 g/mol. The number of amides is 5. The number of aldehydes is 1. The number of hydrogen-bond donors (Lipinski definition) is 6. The Morgan fingerprint density at radius 2 is 1.67 bits per heavy atom. The zero-order chi connectivity index (χ0) is 37.7. The number of halogens is 1. The Balaban J connectivity index is 1.82. The molecule has 1 aliphatic rings. The number of nitrogens with zero attached hydrogens (tertiary/aromatic N) is 1. The number of carboxylic acids is 2. The van der Waals surface area contributed by atoms with Gasteiger partial charge in [-0.15, -0.1) is 0 Å². The second-order valence-corrected chi connectivity index (χ2v) is 12.7. The number of carbonyl (C=O) groups excluding carboxylic acids is 6. The van der Waals surface area contributed by atoms with E-state index in [0.717, 1.165) is 21.2 Å². The van der Waals surface area contributed by atoms with Crippen LogP contribution in [0.2, 0.25) is 0 Å². The molecule has 5 amide bonds.